The molecule has 2 rings (SSSR count). The summed E-state index contributed by atoms with van der Waals surface area (Å²) in [5, 5.41) is 39.7. The molecule has 0 aromatic heterocycles. The molecule has 0 saturated heterocycles. The van der Waals surface area contributed by atoms with Crippen LogP contribution >= 0.6 is 0 Å². The molecule has 0 aromatic rings. The summed E-state index contributed by atoms with van der Waals surface area (Å²) in [6.07, 6.45) is 12.5. The molecule has 5 atom stereocenters. The second-order valence-corrected chi connectivity index (χ2v) is 8.27. The van der Waals surface area contributed by atoms with Crippen LogP contribution in [0.25, 0.3) is 0 Å². The van der Waals surface area contributed by atoms with E-state index in [1.165, 1.54) is 6.42 Å². The van der Waals surface area contributed by atoms with Gasteiger partial charge >= 0.3 is 0 Å². The minimum Gasteiger partial charge on any atom is -0.396 e. The Bertz CT molecular complexity index is 391. The molecule has 4 N–H and O–H groups in total. The van der Waals surface area contributed by atoms with Gasteiger partial charge in [0.25, 0.3) is 0 Å². The Balaban J connectivity index is 1.77. The molecule has 0 heterocycles. The van der Waals surface area contributed by atoms with Gasteiger partial charge in [-0.05, 0) is 43.4 Å². The minimum absolute atomic E-state index is 0.0378. The fourth-order valence-corrected chi connectivity index (χ4v) is 4.60. The highest BCUT2D eigenvalue weighted by Gasteiger charge is 2.40. The first-order valence-electron chi connectivity index (χ1n) is 10.4. The van der Waals surface area contributed by atoms with E-state index in [1.807, 2.05) is 12.2 Å². The van der Waals surface area contributed by atoms with Gasteiger partial charge in [0.1, 0.15) is 0 Å². The summed E-state index contributed by atoms with van der Waals surface area (Å²) >= 11 is 0. The maximum Gasteiger partial charge on any atom is 0.0749 e. The molecule has 0 radical (unpaired) electrons. The first kappa shape index (κ1) is 20.9. The third-order valence-electron chi connectivity index (χ3n) is 6.47. The van der Waals surface area contributed by atoms with Crippen molar-refractivity contribution < 1.29 is 20.4 Å². The number of unbranched alkanes of at least 4 members (excludes halogenated alkanes) is 4. The predicted octanol–water partition coefficient (Wildman–Crippen LogP) is 3.03. The zero-order chi connectivity index (χ0) is 18.2. The van der Waals surface area contributed by atoms with Crippen LogP contribution in [0.4, 0.5) is 0 Å². The normalized spacial score (nSPS) is 36.7. The molecular formula is C21H38O4. The summed E-state index contributed by atoms with van der Waals surface area (Å²) in [5.41, 5.74) is 0. The van der Waals surface area contributed by atoms with Crippen LogP contribution < -0.4 is 0 Å². The van der Waals surface area contributed by atoms with Crippen molar-refractivity contribution >= 4 is 0 Å². The maximum atomic E-state index is 10.3. The summed E-state index contributed by atoms with van der Waals surface area (Å²) in [5.74, 6) is 1.20. The lowest BCUT2D eigenvalue weighted by Crippen LogP contribution is -2.32. The zero-order valence-corrected chi connectivity index (χ0v) is 15.8. The largest absolute Gasteiger partial charge is 0.396 e. The number of hydrogen-bond acceptors (Lipinski definition) is 4. The first-order chi connectivity index (χ1) is 12.1. The molecule has 2 aliphatic carbocycles. The third kappa shape index (κ3) is 6.06. The first-order valence-corrected chi connectivity index (χ1v) is 10.4. The molecule has 2 saturated carbocycles. The van der Waals surface area contributed by atoms with Gasteiger partial charge in [0.2, 0.25) is 0 Å². The van der Waals surface area contributed by atoms with Crippen molar-refractivity contribution in [3.63, 3.8) is 0 Å². The van der Waals surface area contributed by atoms with Crippen molar-refractivity contribution in [1.29, 1.82) is 0 Å². The van der Waals surface area contributed by atoms with Crippen LogP contribution in [-0.4, -0.2) is 45.3 Å². The van der Waals surface area contributed by atoms with E-state index in [4.69, 9.17) is 5.11 Å². The van der Waals surface area contributed by atoms with Gasteiger partial charge in [-0.1, -0.05) is 51.2 Å². The second kappa shape index (κ2) is 10.7. The summed E-state index contributed by atoms with van der Waals surface area (Å²) in [4.78, 5) is 0. The van der Waals surface area contributed by atoms with Crippen molar-refractivity contribution in [1.82, 2.24) is 0 Å². The van der Waals surface area contributed by atoms with Crippen LogP contribution in [0.3, 0.4) is 0 Å². The number of aliphatic hydroxyl groups excluding tert-OH is 4. The van der Waals surface area contributed by atoms with Crippen LogP contribution in [-0.2, 0) is 0 Å². The molecule has 146 valence electrons. The van der Waals surface area contributed by atoms with E-state index in [9.17, 15) is 15.3 Å². The molecule has 25 heavy (non-hydrogen) atoms. The van der Waals surface area contributed by atoms with Crippen molar-refractivity contribution in [2.24, 2.45) is 23.7 Å². The SMILES string of the molecule is CCC1CC([C@H](O)C=C[C@@H]2[C@@H](CCCCCCCO)[C@@H](O)C[C@H]2O)C1. The molecule has 2 aliphatic rings. The summed E-state index contributed by atoms with van der Waals surface area (Å²) in [6, 6.07) is 0. The monoisotopic (exact) mass is 354 g/mol. The minimum atomic E-state index is -0.498. The number of rotatable bonds is 11. The highest BCUT2D eigenvalue weighted by molar-refractivity contribution is 5.06. The van der Waals surface area contributed by atoms with Gasteiger partial charge in [-0.15, -0.1) is 0 Å². The van der Waals surface area contributed by atoms with Crippen molar-refractivity contribution in [3.05, 3.63) is 12.2 Å². The summed E-state index contributed by atoms with van der Waals surface area (Å²) in [7, 11) is 0. The van der Waals surface area contributed by atoms with E-state index in [0.717, 1.165) is 57.3 Å². The van der Waals surface area contributed by atoms with E-state index in [2.05, 4.69) is 6.92 Å². The molecule has 0 aliphatic heterocycles. The highest BCUT2D eigenvalue weighted by Crippen LogP contribution is 2.40. The zero-order valence-electron chi connectivity index (χ0n) is 15.8. The fourth-order valence-electron chi connectivity index (χ4n) is 4.60. The quantitative estimate of drug-likeness (QED) is 0.340. The lowest BCUT2D eigenvalue weighted by Gasteiger charge is -2.37. The standard InChI is InChI=1S/C21H38O4/c1-2-15-12-16(13-15)19(23)10-9-18-17(20(24)14-21(18)25)8-6-4-3-5-7-11-22/h9-10,15-25H,2-8,11-14H2,1H3/t15?,16?,17-,18-,19-,20+,21-/m1/s1. The van der Waals surface area contributed by atoms with E-state index in [-0.39, 0.29) is 18.4 Å². The van der Waals surface area contributed by atoms with Gasteiger partial charge in [-0.25, -0.2) is 0 Å². The molecular weight excluding hydrogens is 316 g/mol. The average molecular weight is 355 g/mol. The topological polar surface area (TPSA) is 80.9 Å². The molecule has 0 bridgehead atoms. The van der Waals surface area contributed by atoms with Crippen molar-refractivity contribution in [2.75, 3.05) is 6.61 Å². The lowest BCUT2D eigenvalue weighted by molar-refractivity contribution is 0.0558. The predicted molar refractivity (Wildman–Crippen MR) is 100 cm³/mol. The van der Waals surface area contributed by atoms with Gasteiger partial charge in [-0.2, -0.15) is 0 Å². The van der Waals surface area contributed by atoms with Crippen molar-refractivity contribution in [3.8, 4) is 0 Å². The Morgan fingerprint density at radius 2 is 1.64 bits per heavy atom. The molecule has 0 amide bonds. The lowest BCUT2D eigenvalue weighted by atomic mass is 9.70. The van der Waals surface area contributed by atoms with Crippen LogP contribution in [0.15, 0.2) is 12.2 Å². The maximum absolute atomic E-state index is 10.3. The molecule has 0 unspecified atom stereocenters. The average Bonchev–Trinajstić information content (AvgIpc) is 2.81. The molecule has 0 spiro atoms. The number of hydrogen-bond donors (Lipinski definition) is 4. The third-order valence-corrected chi connectivity index (χ3v) is 6.47. The summed E-state index contributed by atoms with van der Waals surface area (Å²) < 4.78 is 0. The Kier molecular flexibility index (Phi) is 8.91. The Labute approximate surface area is 153 Å². The van der Waals surface area contributed by atoms with Gasteiger partial charge in [-0.3, -0.25) is 0 Å². The van der Waals surface area contributed by atoms with Gasteiger partial charge < -0.3 is 20.4 Å². The Hall–Kier alpha value is -0.420. The second-order valence-electron chi connectivity index (χ2n) is 8.27. The molecule has 2 fully saturated rings. The van der Waals surface area contributed by atoms with E-state index in [0.29, 0.717) is 12.3 Å². The highest BCUT2D eigenvalue weighted by atomic mass is 16.3. The van der Waals surface area contributed by atoms with Crippen LogP contribution in [0, 0.1) is 23.7 Å². The van der Waals surface area contributed by atoms with Crippen LogP contribution in [0.1, 0.15) is 71.1 Å². The van der Waals surface area contributed by atoms with Gasteiger partial charge in [0, 0.05) is 18.9 Å². The fraction of sp³-hybridized carbons (Fsp3) is 0.905. The number of aliphatic hydroxyl groups is 4. The van der Waals surface area contributed by atoms with Crippen LogP contribution in [0.5, 0.6) is 0 Å². The van der Waals surface area contributed by atoms with Crippen molar-refractivity contribution in [2.45, 2.75) is 89.4 Å². The van der Waals surface area contributed by atoms with E-state index >= 15 is 0 Å². The smallest absolute Gasteiger partial charge is 0.0749 e. The van der Waals surface area contributed by atoms with Gasteiger partial charge in [0.05, 0.1) is 18.3 Å². The van der Waals surface area contributed by atoms with Gasteiger partial charge in [0.15, 0.2) is 0 Å². The Morgan fingerprint density at radius 3 is 2.32 bits per heavy atom. The van der Waals surface area contributed by atoms with Crippen LogP contribution in [0.2, 0.25) is 0 Å². The van der Waals surface area contributed by atoms with E-state index < -0.39 is 18.3 Å². The molecule has 4 nitrogen and oxygen atoms in total. The summed E-state index contributed by atoms with van der Waals surface area (Å²) in [6.45, 7) is 2.47. The van der Waals surface area contributed by atoms with E-state index in [1.54, 1.807) is 0 Å². The molecule has 0 aromatic carbocycles. The Morgan fingerprint density at radius 1 is 0.960 bits per heavy atom. The molecule has 4 heteroatoms.